The summed E-state index contributed by atoms with van der Waals surface area (Å²) in [5.74, 6) is 0. The maximum absolute atomic E-state index is 13.3. The number of nitrogens with zero attached hydrogens (tertiary/aromatic N) is 3. The first-order chi connectivity index (χ1) is 15.3. The lowest BCUT2D eigenvalue weighted by molar-refractivity contribution is -0.137. The molecule has 0 saturated carbocycles. The normalized spacial score (nSPS) is 20.2. The first-order valence-corrected chi connectivity index (χ1v) is 11.0. The highest BCUT2D eigenvalue weighted by atomic mass is 35.5. The molecule has 0 spiro atoms. The fourth-order valence-electron chi connectivity index (χ4n) is 4.22. The van der Waals surface area contributed by atoms with E-state index < -0.39 is 17.8 Å². The second-order valence-electron chi connectivity index (χ2n) is 8.02. The molecule has 9 heteroatoms. The van der Waals surface area contributed by atoms with Crippen LogP contribution in [0.25, 0.3) is 0 Å². The topological polar surface area (TPSA) is 36.0 Å². The first-order valence-electron chi connectivity index (χ1n) is 10.6. The average Bonchev–Trinajstić information content (AvgIpc) is 3.11. The molecular formula is C23H25ClF3N3O2. The molecule has 1 atom stereocenters. The van der Waals surface area contributed by atoms with Crippen molar-refractivity contribution in [2.24, 2.45) is 0 Å². The molecule has 2 heterocycles. The smallest absolute Gasteiger partial charge is 0.379 e. The van der Waals surface area contributed by atoms with Crippen LogP contribution in [-0.2, 0) is 10.9 Å². The Kier molecular flexibility index (Phi) is 6.93. The number of benzene rings is 2. The van der Waals surface area contributed by atoms with Gasteiger partial charge < -0.3 is 9.64 Å². The van der Waals surface area contributed by atoms with E-state index in [0.717, 1.165) is 38.2 Å². The molecule has 0 aromatic heterocycles. The van der Waals surface area contributed by atoms with Crippen molar-refractivity contribution in [1.82, 2.24) is 9.80 Å². The number of hydrogen-bond acceptors (Lipinski definition) is 3. The highest BCUT2D eigenvalue weighted by molar-refractivity contribution is 6.30. The molecule has 0 N–H and O–H groups in total. The lowest BCUT2D eigenvalue weighted by atomic mass is 10.0. The molecule has 32 heavy (non-hydrogen) atoms. The van der Waals surface area contributed by atoms with Crippen LogP contribution in [0.4, 0.5) is 23.7 Å². The molecule has 0 bridgehead atoms. The van der Waals surface area contributed by atoms with Crippen molar-refractivity contribution in [3.05, 3.63) is 64.7 Å². The zero-order chi connectivity index (χ0) is 22.7. The van der Waals surface area contributed by atoms with Gasteiger partial charge in [0.1, 0.15) is 0 Å². The van der Waals surface area contributed by atoms with Gasteiger partial charge in [-0.1, -0.05) is 23.7 Å². The van der Waals surface area contributed by atoms with Gasteiger partial charge in [-0.2, -0.15) is 13.2 Å². The second kappa shape index (κ2) is 9.68. The van der Waals surface area contributed by atoms with Crippen molar-refractivity contribution in [3.8, 4) is 0 Å². The van der Waals surface area contributed by atoms with Crippen molar-refractivity contribution < 1.29 is 22.7 Å². The van der Waals surface area contributed by atoms with Crippen molar-refractivity contribution in [2.75, 3.05) is 50.8 Å². The first kappa shape index (κ1) is 22.9. The number of carbonyl (C=O) groups excluding carboxylic acids is 1. The Bertz CT molecular complexity index is 933. The van der Waals surface area contributed by atoms with E-state index in [1.54, 1.807) is 40.1 Å². The van der Waals surface area contributed by atoms with Crippen molar-refractivity contribution in [2.45, 2.75) is 18.6 Å². The van der Waals surface area contributed by atoms with Gasteiger partial charge in [-0.3, -0.25) is 9.80 Å². The number of ether oxygens (including phenoxy) is 1. The minimum Gasteiger partial charge on any atom is -0.379 e. The number of amides is 2. The summed E-state index contributed by atoms with van der Waals surface area (Å²) in [6, 6.07) is 11.3. The minimum atomic E-state index is -4.44. The number of anilines is 1. The van der Waals surface area contributed by atoms with Gasteiger partial charge >= 0.3 is 12.2 Å². The monoisotopic (exact) mass is 467 g/mol. The Balaban J connectivity index is 1.55. The Morgan fingerprint density at radius 3 is 2.44 bits per heavy atom. The lowest BCUT2D eigenvalue weighted by Crippen LogP contribution is -2.39. The maximum atomic E-state index is 13.3. The molecule has 2 aliphatic rings. The van der Waals surface area contributed by atoms with Crippen molar-refractivity contribution in [3.63, 3.8) is 0 Å². The van der Waals surface area contributed by atoms with Crippen molar-refractivity contribution in [1.29, 1.82) is 0 Å². The summed E-state index contributed by atoms with van der Waals surface area (Å²) >= 11 is 6.00. The molecule has 0 radical (unpaired) electrons. The predicted octanol–water partition coefficient (Wildman–Crippen LogP) is 5.06. The molecule has 2 fully saturated rings. The number of carbonyl (C=O) groups is 1. The quantitative estimate of drug-likeness (QED) is 0.595. The average molecular weight is 468 g/mol. The fourth-order valence-corrected chi connectivity index (χ4v) is 4.35. The molecule has 0 aliphatic carbocycles. The highest BCUT2D eigenvalue weighted by Gasteiger charge is 2.40. The Morgan fingerprint density at radius 1 is 1.03 bits per heavy atom. The molecule has 5 nitrogen and oxygen atoms in total. The van der Waals surface area contributed by atoms with Gasteiger partial charge in [-0.15, -0.1) is 0 Å². The lowest BCUT2D eigenvalue weighted by Gasteiger charge is -2.27. The highest BCUT2D eigenvalue weighted by Crippen LogP contribution is 2.37. The number of urea groups is 1. The number of hydrogen-bond donors (Lipinski definition) is 0. The van der Waals surface area contributed by atoms with E-state index in [9.17, 15) is 18.0 Å². The Labute approximate surface area is 190 Å². The van der Waals surface area contributed by atoms with E-state index in [-0.39, 0.29) is 6.03 Å². The van der Waals surface area contributed by atoms with Gasteiger partial charge in [0.2, 0.25) is 0 Å². The summed E-state index contributed by atoms with van der Waals surface area (Å²) in [6.07, 6.45) is -3.66. The standard InChI is InChI=1S/C23H25ClF3N3O2/c24-19-5-7-20(8-6-19)30-21(17-3-1-4-18(15-17)23(25,26)27)16-29(22(30)31)10-2-9-28-11-13-32-14-12-28/h1,3-8,15,21H,2,9-14,16H2/t21-/m1/s1. The van der Waals surface area contributed by atoms with Gasteiger partial charge in [0.15, 0.2) is 0 Å². The third-order valence-corrected chi connectivity index (χ3v) is 6.14. The van der Waals surface area contributed by atoms with Crippen LogP contribution < -0.4 is 4.90 Å². The predicted molar refractivity (Wildman–Crippen MR) is 117 cm³/mol. The molecular weight excluding hydrogens is 443 g/mol. The van der Waals surface area contributed by atoms with Gasteiger partial charge in [0.25, 0.3) is 0 Å². The van der Waals surface area contributed by atoms with Gasteiger partial charge in [0, 0.05) is 43.4 Å². The fraction of sp³-hybridized carbons (Fsp3) is 0.435. The zero-order valence-corrected chi connectivity index (χ0v) is 18.3. The summed E-state index contributed by atoms with van der Waals surface area (Å²) in [7, 11) is 0. The Morgan fingerprint density at radius 2 is 1.75 bits per heavy atom. The largest absolute Gasteiger partial charge is 0.416 e. The number of morpholine rings is 1. The minimum absolute atomic E-state index is 0.211. The van der Waals surface area contributed by atoms with E-state index >= 15 is 0 Å². The van der Waals surface area contributed by atoms with Crippen molar-refractivity contribution >= 4 is 23.3 Å². The molecule has 4 rings (SSSR count). The summed E-state index contributed by atoms with van der Waals surface area (Å²) in [5, 5.41) is 0.526. The van der Waals surface area contributed by atoms with E-state index in [4.69, 9.17) is 16.3 Å². The van der Waals surface area contributed by atoms with Crippen LogP contribution in [0.5, 0.6) is 0 Å². The van der Waals surface area contributed by atoms with Gasteiger partial charge in [-0.05, 0) is 48.4 Å². The molecule has 2 aliphatic heterocycles. The van der Waals surface area contributed by atoms with E-state index in [1.165, 1.54) is 6.07 Å². The molecule has 2 aromatic rings. The molecule has 0 unspecified atom stereocenters. The summed E-state index contributed by atoms with van der Waals surface area (Å²) in [5.41, 5.74) is 0.348. The second-order valence-corrected chi connectivity index (χ2v) is 8.46. The van der Waals surface area contributed by atoms with E-state index in [2.05, 4.69) is 4.90 Å². The van der Waals surface area contributed by atoms with Crippen LogP contribution >= 0.6 is 11.6 Å². The third-order valence-electron chi connectivity index (χ3n) is 5.89. The number of halogens is 4. The summed E-state index contributed by atoms with van der Waals surface area (Å²) in [6.45, 7) is 4.88. The maximum Gasteiger partial charge on any atom is 0.416 e. The molecule has 172 valence electrons. The zero-order valence-electron chi connectivity index (χ0n) is 17.5. The van der Waals surface area contributed by atoms with Crippen LogP contribution in [0.3, 0.4) is 0 Å². The van der Waals surface area contributed by atoms with Crippen LogP contribution in [-0.4, -0.2) is 61.8 Å². The summed E-state index contributed by atoms with van der Waals surface area (Å²) < 4.78 is 45.3. The van der Waals surface area contributed by atoms with Crippen LogP contribution in [0, 0.1) is 0 Å². The number of alkyl halides is 3. The molecule has 2 aromatic carbocycles. The van der Waals surface area contributed by atoms with E-state index in [0.29, 0.717) is 42.6 Å². The van der Waals surface area contributed by atoms with Gasteiger partial charge in [0.05, 0.1) is 24.8 Å². The van der Waals surface area contributed by atoms with Crippen LogP contribution in [0.2, 0.25) is 5.02 Å². The van der Waals surface area contributed by atoms with Gasteiger partial charge in [-0.25, -0.2) is 4.79 Å². The SMILES string of the molecule is O=C1N(CCCN2CCOCC2)C[C@H](c2cccc(C(F)(F)F)c2)N1c1ccc(Cl)cc1. The molecule has 2 saturated heterocycles. The van der Waals surface area contributed by atoms with E-state index in [1.807, 2.05) is 0 Å². The Hall–Kier alpha value is -2.29. The van der Waals surface area contributed by atoms with Crippen LogP contribution in [0.15, 0.2) is 48.5 Å². The molecule has 2 amide bonds. The number of rotatable bonds is 6. The third kappa shape index (κ3) is 5.19. The van der Waals surface area contributed by atoms with Crippen LogP contribution in [0.1, 0.15) is 23.6 Å². The summed E-state index contributed by atoms with van der Waals surface area (Å²) in [4.78, 5) is 18.9.